The van der Waals surface area contributed by atoms with Gasteiger partial charge in [0.05, 0.1) is 16.7 Å². The van der Waals surface area contributed by atoms with Crippen LogP contribution in [-0.4, -0.2) is 21.2 Å². The van der Waals surface area contributed by atoms with Crippen LogP contribution in [0, 0.1) is 0 Å². The van der Waals surface area contributed by atoms with E-state index in [0.29, 0.717) is 12.5 Å². The molecule has 92 valence electrons. The standard InChI is InChI=1S/C12H16BrN3O/c13-9-7-14-16(8-9)10-1-4-12(5-2-10)6-3-11(17)15-12/h7-8,10H,1-6H2,(H,15,17)/t10-,12-. The lowest BCUT2D eigenvalue weighted by Gasteiger charge is -2.37. The highest BCUT2D eigenvalue weighted by Gasteiger charge is 2.40. The number of nitrogens with one attached hydrogen (secondary N) is 1. The van der Waals surface area contributed by atoms with E-state index in [0.717, 1.165) is 36.6 Å². The Bertz CT molecular complexity index is 435. The number of hydrogen-bond donors (Lipinski definition) is 1. The second kappa shape index (κ2) is 4.12. The zero-order chi connectivity index (χ0) is 11.9. The summed E-state index contributed by atoms with van der Waals surface area (Å²) in [5, 5.41) is 7.52. The van der Waals surface area contributed by atoms with E-state index in [-0.39, 0.29) is 11.4 Å². The van der Waals surface area contributed by atoms with Gasteiger partial charge in [-0.3, -0.25) is 9.48 Å². The molecule has 3 rings (SSSR count). The van der Waals surface area contributed by atoms with Crippen LogP contribution in [0.15, 0.2) is 16.9 Å². The van der Waals surface area contributed by atoms with Gasteiger partial charge in [0, 0.05) is 18.2 Å². The number of carbonyl (C=O) groups is 1. The summed E-state index contributed by atoms with van der Waals surface area (Å²) < 4.78 is 3.08. The fourth-order valence-corrected chi connectivity index (χ4v) is 3.38. The van der Waals surface area contributed by atoms with E-state index >= 15 is 0 Å². The van der Waals surface area contributed by atoms with Crippen molar-refractivity contribution in [3.05, 3.63) is 16.9 Å². The van der Waals surface area contributed by atoms with Crippen molar-refractivity contribution in [2.45, 2.75) is 50.1 Å². The van der Waals surface area contributed by atoms with Gasteiger partial charge in [-0.25, -0.2) is 0 Å². The van der Waals surface area contributed by atoms with Gasteiger partial charge in [-0.15, -0.1) is 0 Å². The van der Waals surface area contributed by atoms with E-state index in [2.05, 4.69) is 26.3 Å². The zero-order valence-electron chi connectivity index (χ0n) is 9.66. The van der Waals surface area contributed by atoms with E-state index in [1.54, 1.807) is 0 Å². The van der Waals surface area contributed by atoms with Gasteiger partial charge in [0.15, 0.2) is 0 Å². The SMILES string of the molecule is O=C1CC[C@]2(CC[C@@H](n3cc(Br)cn3)CC2)N1. The first-order valence-electron chi connectivity index (χ1n) is 6.18. The van der Waals surface area contributed by atoms with E-state index in [9.17, 15) is 4.79 Å². The maximum Gasteiger partial charge on any atom is 0.220 e. The summed E-state index contributed by atoms with van der Waals surface area (Å²) in [4.78, 5) is 11.3. The molecule has 2 fully saturated rings. The molecule has 1 saturated heterocycles. The summed E-state index contributed by atoms with van der Waals surface area (Å²) in [5.41, 5.74) is 0.109. The van der Waals surface area contributed by atoms with Gasteiger partial charge in [-0.1, -0.05) is 0 Å². The van der Waals surface area contributed by atoms with Crippen LogP contribution in [-0.2, 0) is 4.79 Å². The predicted octanol–water partition coefficient (Wildman–Crippen LogP) is 2.41. The largest absolute Gasteiger partial charge is 0.351 e. The summed E-state index contributed by atoms with van der Waals surface area (Å²) in [6.07, 6.45) is 9.97. The number of carbonyl (C=O) groups excluding carboxylic acids is 1. The number of aromatic nitrogens is 2. The summed E-state index contributed by atoms with van der Waals surface area (Å²) >= 11 is 3.43. The molecule has 0 unspecified atom stereocenters. The Morgan fingerprint density at radius 3 is 2.71 bits per heavy atom. The number of rotatable bonds is 1. The van der Waals surface area contributed by atoms with Crippen LogP contribution >= 0.6 is 15.9 Å². The second-order valence-corrected chi connectivity index (χ2v) is 6.11. The first-order valence-corrected chi connectivity index (χ1v) is 6.97. The smallest absolute Gasteiger partial charge is 0.220 e. The summed E-state index contributed by atoms with van der Waals surface area (Å²) in [6.45, 7) is 0. The van der Waals surface area contributed by atoms with E-state index in [4.69, 9.17) is 0 Å². The molecule has 4 nitrogen and oxygen atoms in total. The first-order chi connectivity index (χ1) is 8.17. The maximum absolute atomic E-state index is 11.3. The highest BCUT2D eigenvalue weighted by atomic mass is 79.9. The molecule has 1 N–H and O–H groups in total. The Hall–Kier alpha value is -0.840. The molecule has 1 aliphatic carbocycles. The molecule has 2 aliphatic rings. The molecule has 1 aromatic rings. The molecular formula is C12H16BrN3O. The van der Waals surface area contributed by atoms with Crippen LogP contribution in [0.1, 0.15) is 44.6 Å². The fraction of sp³-hybridized carbons (Fsp3) is 0.667. The van der Waals surface area contributed by atoms with Crippen molar-refractivity contribution in [3.8, 4) is 0 Å². The molecule has 0 radical (unpaired) electrons. The van der Waals surface area contributed by atoms with Gasteiger partial charge in [0.25, 0.3) is 0 Å². The van der Waals surface area contributed by atoms with Crippen molar-refractivity contribution in [2.24, 2.45) is 0 Å². The minimum absolute atomic E-state index is 0.109. The third kappa shape index (κ3) is 2.12. The normalized spacial score (nSPS) is 33.0. The topological polar surface area (TPSA) is 46.9 Å². The Morgan fingerprint density at radius 1 is 1.41 bits per heavy atom. The lowest BCUT2D eigenvalue weighted by atomic mass is 9.78. The first kappa shape index (κ1) is 11.3. The van der Waals surface area contributed by atoms with Crippen LogP contribution in [0.2, 0.25) is 0 Å². The van der Waals surface area contributed by atoms with Crippen molar-refractivity contribution in [1.82, 2.24) is 15.1 Å². The quantitative estimate of drug-likeness (QED) is 0.865. The minimum Gasteiger partial charge on any atom is -0.351 e. The molecule has 5 heteroatoms. The number of nitrogens with zero attached hydrogens (tertiary/aromatic N) is 2. The molecule has 0 bridgehead atoms. The Kier molecular flexibility index (Phi) is 2.73. The van der Waals surface area contributed by atoms with Crippen molar-refractivity contribution in [2.75, 3.05) is 0 Å². The van der Waals surface area contributed by atoms with Crippen LogP contribution in [0.25, 0.3) is 0 Å². The molecule has 0 aromatic carbocycles. The van der Waals surface area contributed by atoms with Crippen molar-refractivity contribution >= 4 is 21.8 Å². The number of amides is 1. The van der Waals surface area contributed by atoms with Gasteiger partial charge in [-0.05, 0) is 48.0 Å². The van der Waals surface area contributed by atoms with Gasteiger partial charge in [-0.2, -0.15) is 5.10 Å². The highest BCUT2D eigenvalue weighted by molar-refractivity contribution is 9.10. The van der Waals surface area contributed by atoms with Crippen LogP contribution in [0.4, 0.5) is 0 Å². The average Bonchev–Trinajstić information content (AvgIpc) is 2.88. The molecule has 17 heavy (non-hydrogen) atoms. The molecule has 2 heterocycles. The van der Waals surface area contributed by atoms with E-state index in [1.807, 2.05) is 17.1 Å². The van der Waals surface area contributed by atoms with Crippen molar-refractivity contribution in [3.63, 3.8) is 0 Å². The van der Waals surface area contributed by atoms with Gasteiger partial charge < -0.3 is 5.32 Å². The molecular weight excluding hydrogens is 282 g/mol. The third-order valence-corrected chi connectivity index (χ3v) is 4.50. The van der Waals surface area contributed by atoms with Crippen LogP contribution in [0.5, 0.6) is 0 Å². The third-order valence-electron chi connectivity index (χ3n) is 4.09. The van der Waals surface area contributed by atoms with E-state index < -0.39 is 0 Å². The number of hydrogen-bond acceptors (Lipinski definition) is 2. The van der Waals surface area contributed by atoms with Crippen molar-refractivity contribution in [1.29, 1.82) is 0 Å². The lowest BCUT2D eigenvalue weighted by molar-refractivity contribution is -0.120. The van der Waals surface area contributed by atoms with Crippen molar-refractivity contribution < 1.29 is 4.79 Å². The number of halogens is 1. The zero-order valence-corrected chi connectivity index (χ0v) is 11.2. The fourth-order valence-electron chi connectivity index (χ4n) is 3.08. The Balaban J connectivity index is 1.66. The van der Waals surface area contributed by atoms with Gasteiger partial charge in [0.2, 0.25) is 5.91 Å². The van der Waals surface area contributed by atoms with E-state index in [1.165, 1.54) is 0 Å². The monoisotopic (exact) mass is 297 g/mol. The molecule has 1 spiro atoms. The predicted molar refractivity (Wildman–Crippen MR) is 67.5 cm³/mol. The molecule has 1 aliphatic heterocycles. The summed E-state index contributed by atoms with van der Waals surface area (Å²) in [6, 6.07) is 0.490. The summed E-state index contributed by atoms with van der Waals surface area (Å²) in [7, 11) is 0. The Labute approximate surface area is 109 Å². The minimum atomic E-state index is 0.109. The molecule has 1 saturated carbocycles. The lowest BCUT2D eigenvalue weighted by Crippen LogP contribution is -2.44. The van der Waals surface area contributed by atoms with Gasteiger partial charge in [0.1, 0.15) is 0 Å². The highest BCUT2D eigenvalue weighted by Crippen LogP contribution is 2.39. The Morgan fingerprint density at radius 2 is 2.18 bits per heavy atom. The average molecular weight is 298 g/mol. The van der Waals surface area contributed by atoms with Crippen LogP contribution < -0.4 is 5.32 Å². The maximum atomic E-state index is 11.3. The van der Waals surface area contributed by atoms with Crippen LogP contribution in [0.3, 0.4) is 0 Å². The molecule has 1 aromatic heterocycles. The summed E-state index contributed by atoms with van der Waals surface area (Å²) in [5.74, 6) is 0.227. The second-order valence-electron chi connectivity index (χ2n) is 5.20. The molecule has 0 atom stereocenters. The molecule has 1 amide bonds. The van der Waals surface area contributed by atoms with Gasteiger partial charge >= 0.3 is 0 Å².